The van der Waals surface area contributed by atoms with E-state index in [9.17, 15) is 19.1 Å². The molecule has 10 heteroatoms. The lowest BCUT2D eigenvalue weighted by molar-refractivity contribution is -0.124. The molecule has 204 valence electrons. The van der Waals surface area contributed by atoms with Gasteiger partial charge in [0.05, 0.1) is 22.2 Å². The van der Waals surface area contributed by atoms with Crippen LogP contribution in [0.1, 0.15) is 63.5 Å². The lowest BCUT2D eigenvalue weighted by Crippen LogP contribution is -2.49. The molecule has 6 atom stereocenters. The van der Waals surface area contributed by atoms with Crippen LogP contribution in [0.2, 0.25) is 10.0 Å². The van der Waals surface area contributed by atoms with Gasteiger partial charge in [0.25, 0.3) is 0 Å². The quantitative estimate of drug-likeness (QED) is 0.417. The summed E-state index contributed by atoms with van der Waals surface area (Å²) in [6.07, 6.45) is 1.52. The molecule has 0 aromatic heterocycles. The summed E-state index contributed by atoms with van der Waals surface area (Å²) in [4.78, 5) is 27.9. The number of halogens is 4. The Kier molecular flexibility index (Phi) is 7.00. The Bertz CT molecular complexity index is 1300. The first-order chi connectivity index (χ1) is 17.8. The van der Waals surface area contributed by atoms with Gasteiger partial charge in [-0.1, -0.05) is 56.1 Å². The largest absolute Gasteiger partial charge is 0.393 e. The zero-order valence-electron chi connectivity index (χ0n) is 21.4. The second kappa shape index (κ2) is 9.73. The zero-order chi connectivity index (χ0) is 27.6. The van der Waals surface area contributed by atoms with E-state index in [1.807, 2.05) is 20.8 Å². The SMILES string of the molecule is CC(C)(C)C[C@H]1N[C@@H](C(=O)N[C@H]2CC[C@@H](O)C2)[C@H](c2cccc(Cl)c2F)[C@@]12C(=O)Nc1cc(Cl)c(F)cc12. The summed E-state index contributed by atoms with van der Waals surface area (Å²) in [5.74, 6) is -3.39. The predicted octanol–water partition coefficient (Wildman–Crippen LogP) is 5.05. The van der Waals surface area contributed by atoms with Gasteiger partial charge < -0.3 is 21.1 Å². The van der Waals surface area contributed by atoms with Gasteiger partial charge in [-0.25, -0.2) is 8.78 Å². The molecule has 2 fully saturated rings. The Hall–Kier alpha value is -2.26. The van der Waals surface area contributed by atoms with Crippen molar-refractivity contribution in [2.45, 2.75) is 82.0 Å². The number of carbonyl (C=O) groups is 2. The monoisotopic (exact) mass is 565 g/mol. The van der Waals surface area contributed by atoms with Crippen molar-refractivity contribution in [3.05, 3.63) is 63.1 Å². The van der Waals surface area contributed by atoms with Gasteiger partial charge in [-0.15, -0.1) is 0 Å². The molecule has 2 aromatic carbocycles. The summed E-state index contributed by atoms with van der Waals surface area (Å²) in [5, 5.41) is 18.9. The first-order valence-corrected chi connectivity index (χ1v) is 13.6. The molecule has 1 saturated carbocycles. The van der Waals surface area contributed by atoms with Crippen molar-refractivity contribution >= 4 is 40.7 Å². The maximum Gasteiger partial charge on any atom is 0.238 e. The summed E-state index contributed by atoms with van der Waals surface area (Å²) < 4.78 is 30.7. The highest BCUT2D eigenvalue weighted by Gasteiger charge is 2.66. The summed E-state index contributed by atoms with van der Waals surface area (Å²) in [6, 6.07) is 5.13. The van der Waals surface area contributed by atoms with Crippen molar-refractivity contribution in [3.63, 3.8) is 0 Å². The van der Waals surface area contributed by atoms with Gasteiger partial charge in [-0.2, -0.15) is 0 Å². The van der Waals surface area contributed by atoms with Crippen LogP contribution in [0.3, 0.4) is 0 Å². The normalized spacial score (nSPS) is 30.5. The third-order valence-electron chi connectivity index (χ3n) is 8.05. The molecule has 5 rings (SSSR count). The molecule has 6 nitrogen and oxygen atoms in total. The maximum atomic E-state index is 15.7. The van der Waals surface area contributed by atoms with Gasteiger partial charge in [0.2, 0.25) is 11.8 Å². The van der Waals surface area contributed by atoms with Crippen LogP contribution < -0.4 is 16.0 Å². The molecular formula is C28H31Cl2F2N3O3. The van der Waals surface area contributed by atoms with Gasteiger partial charge in [-0.05, 0) is 60.4 Å². The van der Waals surface area contributed by atoms with Crippen LogP contribution in [0.15, 0.2) is 30.3 Å². The van der Waals surface area contributed by atoms with Gasteiger partial charge in [0.1, 0.15) is 17.0 Å². The van der Waals surface area contributed by atoms with Gasteiger partial charge in [-0.3, -0.25) is 9.59 Å². The third-order valence-corrected chi connectivity index (χ3v) is 8.63. The van der Waals surface area contributed by atoms with Crippen LogP contribution in [0.5, 0.6) is 0 Å². The van der Waals surface area contributed by atoms with Crippen LogP contribution in [0, 0.1) is 17.0 Å². The van der Waals surface area contributed by atoms with Crippen molar-refractivity contribution in [1.29, 1.82) is 0 Å². The van der Waals surface area contributed by atoms with Crippen LogP contribution in [-0.4, -0.2) is 41.2 Å². The topological polar surface area (TPSA) is 90.5 Å². The lowest BCUT2D eigenvalue weighted by atomic mass is 9.62. The highest BCUT2D eigenvalue weighted by atomic mass is 35.5. The molecule has 2 amide bonds. The van der Waals surface area contributed by atoms with E-state index in [1.54, 1.807) is 6.07 Å². The zero-order valence-corrected chi connectivity index (χ0v) is 22.9. The fourth-order valence-electron chi connectivity index (χ4n) is 6.54. The molecule has 2 aliphatic heterocycles. The maximum absolute atomic E-state index is 15.7. The number of nitrogens with one attached hydrogen (secondary N) is 3. The smallest absolute Gasteiger partial charge is 0.238 e. The van der Waals surface area contributed by atoms with Crippen molar-refractivity contribution < 1.29 is 23.5 Å². The summed E-state index contributed by atoms with van der Waals surface area (Å²) in [7, 11) is 0. The number of rotatable bonds is 4. The van der Waals surface area contributed by atoms with Crippen LogP contribution >= 0.6 is 23.2 Å². The molecule has 4 N–H and O–H groups in total. The number of hydrogen-bond acceptors (Lipinski definition) is 4. The van der Waals surface area contributed by atoms with Crippen molar-refractivity contribution in [1.82, 2.24) is 10.6 Å². The van der Waals surface area contributed by atoms with E-state index in [1.165, 1.54) is 24.3 Å². The molecule has 0 unspecified atom stereocenters. The second-order valence-electron chi connectivity index (χ2n) is 11.9. The number of anilines is 1. The Morgan fingerprint density at radius 2 is 1.92 bits per heavy atom. The fourth-order valence-corrected chi connectivity index (χ4v) is 6.89. The van der Waals surface area contributed by atoms with E-state index in [4.69, 9.17) is 23.2 Å². The van der Waals surface area contributed by atoms with Gasteiger partial charge in [0, 0.05) is 23.7 Å². The summed E-state index contributed by atoms with van der Waals surface area (Å²) >= 11 is 12.3. The number of aliphatic hydroxyl groups excluding tert-OH is 1. The van der Waals surface area contributed by atoms with Crippen molar-refractivity contribution in [3.8, 4) is 0 Å². The number of fused-ring (bicyclic) bond motifs is 2. The number of benzene rings is 2. The highest BCUT2D eigenvalue weighted by molar-refractivity contribution is 6.31. The molecule has 0 bridgehead atoms. The highest BCUT2D eigenvalue weighted by Crippen LogP contribution is 2.57. The van der Waals surface area contributed by atoms with E-state index in [2.05, 4.69) is 16.0 Å². The lowest BCUT2D eigenvalue weighted by Gasteiger charge is -2.37. The number of hydrogen-bond donors (Lipinski definition) is 4. The van der Waals surface area contributed by atoms with E-state index in [0.717, 1.165) is 0 Å². The predicted molar refractivity (Wildman–Crippen MR) is 142 cm³/mol. The Balaban J connectivity index is 1.72. The van der Waals surface area contributed by atoms with Crippen LogP contribution in [0.25, 0.3) is 0 Å². The molecule has 1 spiro atoms. The second-order valence-corrected chi connectivity index (χ2v) is 12.7. The standard InChI is InChI=1S/C28H31Cl2F2N3O3/c1-27(2,3)12-21-28(16-10-19(31)18(30)11-20(16)34-26(28)38)22(15-5-4-6-17(29)23(15)32)24(35-21)25(37)33-13-7-8-14(36)9-13/h4-6,10-11,13-14,21-22,24,35-36H,7-9,12H2,1-3H3,(H,33,37)(H,34,38)/t13-,14+,21+,22-,24+,28-/m0/s1. The van der Waals surface area contributed by atoms with E-state index < -0.39 is 53.0 Å². The van der Waals surface area contributed by atoms with E-state index in [-0.39, 0.29) is 27.1 Å². The van der Waals surface area contributed by atoms with E-state index in [0.29, 0.717) is 36.9 Å². The molecular weight excluding hydrogens is 535 g/mol. The van der Waals surface area contributed by atoms with Crippen LogP contribution in [-0.2, 0) is 15.0 Å². The van der Waals surface area contributed by atoms with Crippen molar-refractivity contribution in [2.75, 3.05) is 5.32 Å². The molecule has 38 heavy (non-hydrogen) atoms. The number of amides is 2. The minimum absolute atomic E-state index is 0.0892. The Morgan fingerprint density at radius 1 is 1.18 bits per heavy atom. The number of carbonyl (C=O) groups excluding carboxylic acids is 2. The van der Waals surface area contributed by atoms with E-state index >= 15 is 4.39 Å². The first-order valence-electron chi connectivity index (χ1n) is 12.8. The summed E-state index contributed by atoms with van der Waals surface area (Å²) in [6.45, 7) is 6.00. The molecule has 2 heterocycles. The molecule has 1 saturated heterocycles. The Morgan fingerprint density at radius 3 is 2.58 bits per heavy atom. The third kappa shape index (κ3) is 4.49. The minimum atomic E-state index is -1.53. The van der Waals surface area contributed by atoms with Crippen LogP contribution in [0.4, 0.5) is 14.5 Å². The summed E-state index contributed by atoms with van der Waals surface area (Å²) in [5.41, 5.74) is -1.10. The molecule has 0 radical (unpaired) electrons. The average molecular weight is 566 g/mol. The van der Waals surface area contributed by atoms with Gasteiger partial charge in [0.15, 0.2) is 0 Å². The average Bonchev–Trinajstić information content (AvgIpc) is 3.46. The Labute approximate surface area is 230 Å². The van der Waals surface area contributed by atoms with Crippen molar-refractivity contribution in [2.24, 2.45) is 5.41 Å². The molecule has 2 aromatic rings. The first kappa shape index (κ1) is 27.3. The minimum Gasteiger partial charge on any atom is -0.393 e. The molecule has 3 aliphatic rings. The fraction of sp³-hybridized carbons (Fsp3) is 0.500. The number of aliphatic hydroxyl groups is 1. The van der Waals surface area contributed by atoms with Gasteiger partial charge >= 0.3 is 0 Å². The molecule has 1 aliphatic carbocycles.